The van der Waals surface area contributed by atoms with Crippen LogP contribution < -0.4 is 5.32 Å². The zero-order valence-electron chi connectivity index (χ0n) is 8.97. The molecule has 0 radical (unpaired) electrons. The summed E-state index contributed by atoms with van der Waals surface area (Å²) in [7, 11) is 1.70. The predicted octanol–water partition coefficient (Wildman–Crippen LogP) is 0.566. The van der Waals surface area contributed by atoms with Crippen LogP contribution in [0.3, 0.4) is 0 Å². The Bertz CT molecular complexity index is 182. The molecule has 0 atom stereocenters. The summed E-state index contributed by atoms with van der Waals surface area (Å²) in [4.78, 5) is 10.8. The van der Waals surface area contributed by atoms with Crippen LogP contribution in [0.25, 0.3) is 0 Å². The summed E-state index contributed by atoms with van der Waals surface area (Å²) in [5, 5.41) is 2.87. The molecule has 0 aromatic carbocycles. The van der Waals surface area contributed by atoms with Crippen molar-refractivity contribution in [1.82, 2.24) is 5.32 Å². The predicted molar refractivity (Wildman–Crippen MR) is 53.0 cm³/mol. The fraction of sp³-hybridized carbons (Fsp3) is 0.900. The van der Waals surface area contributed by atoms with Gasteiger partial charge < -0.3 is 14.8 Å². The number of carbonyl (C=O) groups excluding carboxylic acids is 1. The van der Waals surface area contributed by atoms with E-state index in [-0.39, 0.29) is 11.3 Å². The molecule has 14 heavy (non-hydrogen) atoms. The van der Waals surface area contributed by atoms with E-state index in [0.717, 1.165) is 26.1 Å². The van der Waals surface area contributed by atoms with Crippen molar-refractivity contribution in [1.29, 1.82) is 0 Å². The molecule has 1 fully saturated rings. The third-order valence-corrected chi connectivity index (χ3v) is 2.72. The lowest BCUT2D eigenvalue weighted by Gasteiger charge is -2.36. The molecule has 0 aliphatic carbocycles. The lowest BCUT2D eigenvalue weighted by atomic mass is 9.81. The standard InChI is InChI=1S/C10H19NO3/c1-9(12)11-7-10(8-13-2)3-5-14-6-4-10/h3-8H2,1-2H3,(H,11,12). The van der Waals surface area contributed by atoms with Crippen LogP contribution in [-0.4, -0.2) is 39.4 Å². The fourth-order valence-electron chi connectivity index (χ4n) is 1.79. The highest BCUT2D eigenvalue weighted by molar-refractivity contribution is 5.72. The molecule has 1 saturated heterocycles. The van der Waals surface area contributed by atoms with E-state index in [2.05, 4.69) is 5.32 Å². The highest BCUT2D eigenvalue weighted by Gasteiger charge is 2.32. The second kappa shape index (κ2) is 5.32. The molecular weight excluding hydrogens is 182 g/mol. The molecule has 0 bridgehead atoms. The van der Waals surface area contributed by atoms with Gasteiger partial charge in [0.25, 0.3) is 0 Å². The van der Waals surface area contributed by atoms with Crippen molar-refractivity contribution >= 4 is 5.91 Å². The van der Waals surface area contributed by atoms with Gasteiger partial charge in [0.15, 0.2) is 0 Å². The molecule has 0 aromatic rings. The van der Waals surface area contributed by atoms with E-state index in [1.807, 2.05) is 0 Å². The molecule has 1 rings (SSSR count). The third kappa shape index (κ3) is 3.27. The van der Waals surface area contributed by atoms with Crippen LogP contribution in [0, 0.1) is 5.41 Å². The van der Waals surface area contributed by atoms with Gasteiger partial charge in [0.2, 0.25) is 5.91 Å². The number of methoxy groups -OCH3 is 1. The second-order valence-electron chi connectivity index (χ2n) is 3.96. The Kier molecular flexibility index (Phi) is 4.35. The number of rotatable bonds is 4. The van der Waals surface area contributed by atoms with Crippen LogP contribution >= 0.6 is 0 Å². The maximum absolute atomic E-state index is 10.8. The van der Waals surface area contributed by atoms with Crippen molar-refractivity contribution in [2.75, 3.05) is 33.5 Å². The van der Waals surface area contributed by atoms with Crippen LogP contribution in [0.15, 0.2) is 0 Å². The maximum Gasteiger partial charge on any atom is 0.216 e. The average molecular weight is 201 g/mol. The van der Waals surface area contributed by atoms with E-state index >= 15 is 0 Å². The van der Waals surface area contributed by atoms with Crippen LogP contribution in [0.2, 0.25) is 0 Å². The number of amides is 1. The zero-order valence-corrected chi connectivity index (χ0v) is 8.97. The van der Waals surface area contributed by atoms with E-state index in [9.17, 15) is 4.79 Å². The van der Waals surface area contributed by atoms with Crippen molar-refractivity contribution in [2.45, 2.75) is 19.8 Å². The van der Waals surface area contributed by atoms with Gasteiger partial charge in [0, 0.05) is 39.2 Å². The van der Waals surface area contributed by atoms with E-state index in [4.69, 9.17) is 9.47 Å². The molecule has 1 N–H and O–H groups in total. The monoisotopic (exact) mass is 201 g/mol. The molecule has 0 saturated carbocycles. The third-order valence-electron chi connectivity index (χ3n) is 2.72. The first-order valence-corrected chi connectivity index (χ1v) is 5.00. The van der Waals surface area contributed by atoms with E-state index in [1.54, 1.807) is 14.0 Å². The summed E-state index contributed by atoms with van der Waals surface area (Å²) in [6, 6.07) is 0. The molecule has 1 aliphatic rings. The van der Waals surface area contributed by atoms with Crippen molar-refractivity contribution < 1.29 is 14.3 Å². The Balaban J connectivity index is 2.46. The lowest BCUT2D eigenvalue weighted by Crippen LogP contribution is -2.43. The first kappa shape index (κ1) is 11.5. The van der Waals surface area contributed by atoms with Gasteiger partial charge >= 0.3 is 0 Å². The fourth-order valence-corrected chi connectivity index (χ4v) is 1.79. The number of carbonyl (C=O) groups is 1. The molecule has 0 unspecified atom stereocenters. The Morgan fingerprint density at radius 2 is 2.14 bits per heavy atom. The molecule has 1 heterocycles. The normalized spacial score (nSPS) is 20.4. The molecule has 1 amide bonds. The quantitative estimate of drug-likeness (QED) is 0.723. The summed E-state index contributed by atoms with van der Waals surface area (Å²) in [5.74, 6) is 0.0203. The Labute approximate surface area is 85.0 Å². The summed E-state index contributed by atoms with van der Waals surface area (Å²) in [6.45, 7) is 4.46. The van der Waals surface area contributed by atoms with Crippen LogP contribution in [0.1, 0.15) is 19.8 Å². The minimum Gasteiger partial charge on any atom is -0.384 e. The summed E-state index contributed by atoms with van der Waals surface area (Å²) >= 11 is 0. The topological polar surface area (TPSA) is 47.6 Å². The number of ether oxygens (including phenoxy) is 2. The van der Waals surface area contributed by atoms with Gasteiger partial charge in [0.1, 0.15) is 0 Å². The molecule has 0 spiro atoms. The SMILES string of the molecule is COCC1(CNC(C)=O)CCOCC1. The molecule has 4 heteroatoms. The highest BCUT2D eigenvalue weighted by atomic mass is 16.5. The number of hydrogen-bond acceptors (Lipinski definition) is 3. The minimum absolute atomic E-state index is 0.0203. The van der Waals surface area contributed by atoms with Gasteiger partial charge in [-0.2, -0.15) is 0 Å². The Morgan fingerprint density at radius 3 is 2.64 bits per heavy atom. The van der Waals surface area contributed by atoms with Gasteiger partial charge in [0.05, 0.1) is 6.61 Å². The zero-order chi connectivity index (χ0) is 10.4. The van der Waals surface area contributed by atoms with Gasteiger partial charge in [-0.1, -0.05) is 0 Å². The van der Waals surface area contributed by atoms with E-state index < -0.39 is 0 Å². The van der Waals surface area contributed by atoms with Crippen molar-refractivity contribution in [2.24, 2.45) is 5.41 Å². The summed E-state index contributed by atoms with van der Waals surface area (Å²) < 4.78 is 10.5. The van der Waals surface area contributed by atoms with E-state index in [1.165, 1.54) is 0 Å². The van der Waals surface area contributed by atoms with E-state index in [0.29, 0.717) is 13.2 Å². The number of nitrogens with one attached hydrogen (secondary N) is 1. The van der Waals surface area contributed by atoms with Gasteiger partial charge in [-0.3, -0.25) is 4.79 Å². The molecule has 82 valence electrons. The van der Waals surface area contributed by atoms with Gasteiger partial charge in [-0.15, -0.1) is 0 Å². The summed E-state index contributed by atoms with van der Waals surface area (Å²) in [6.07, 6.45) is 1.92. The molecule has 0 aromatic heterocycles. The van der Waals surface area contributed by atoms with Crippen LogP contribution in [0.5, 0.6) is 0 Å². The molecule has 1 aliphatic heterocycles. The largest absolute Gasteiger partial charge is 0.384 e. The van der Waals surface area contributed by atoms with Gasteiger partial charge in [-0.25, -0.2) is 0 Å². The van der Waals surface area contributed by atoms with Gasteiger partial charge in [-0.05, 0) is 12.8 Å². The first-order chi connectivity index (χ1) is 6.68. The maximum atomic E-state index is 10.8. The van der Waals surface area contributed by atoms with Crippen molar-refractivity contribution in [3.63, 3.8) is 0 Å². The Morgan fingerprint density at radius 1 is 1.50 bits per heavy atom. The first-order valence-electron chi connectivity index (χ1n) is 5.00. The van der Waals surface area contributed by atoms with Crippen LogP contribution in [-0.2, 0) is 14.3 Å². The average Bonchev–Trinajstić information content (AvgIpc) is 2.17. The lowest BCUT2D eigenvalue weighted by molar-refractivity contribution is -0.120. The second-order valence-corrected chi connectivity index (χ2v) is 3.96. The minimum atomic E-state index is 0.0203. The molecule has 4 nitrogen and oxygen atoms in total. The molecular formula is C10H19NO3. The highest BCUT2D eigenvalue weighted by Crippen LogP contribution is 2.29. The Hall–Kier alpha value is -0.610. The van der Waals surface area contributed by atoms with Crippen LogP contribution in [0.4, 0.5) is 0 Å². The van der Waals surface area contributed by atoms with Crippen molar-refractivity contribution in [3.8, 4) is 0 Å². The smallest absolute Gasteiger partial charge is 0.216 e. The van der Waals surface area contributed by atoms with Crippen molar-refractivity contribution in [3.05, 3.63) is 0 Å². The summed E-state index contributed by atoms with van der Waals surface area (Å²) in [5.41, 5.74) is 0.0820. The number of hydrogen-bond donors (Lipinski definition) is 1.